The average molecular weight is 651 g/mol. The van der Waals surface area contributed by atoms with Gasteiger partial charge in [0.05, 0.1) is 22.8 Å². The maximum atomic E-state index is 5.36. The van der Waals surface area contributed by atoms with E-state index in [0.717, 1.165) is 78.2 Å². The van der Waals surface area contributed by atoms with E-state index >= 15 is 0 Å². The van der Waals surface area contributed by atoms with Crippen molar-refractivity contribution in [2.24, 2.45) is 0 Å². The van der Waals surface area contributed by atoms with Crippen LogP contribution >= 0.6 is 0 Å². The fourth-order valence-corrected chi connectivity index (χ4v) is 6.92. The van der Waals surface area contributed by atoms with E-state index in [4.69, 9.17) is 9.97 Å². The molecule has 2 aliphatic heterocycles. The predicted molar refractivity (Wildman–Crippen MR) is 213 cm³/mol. The average Bonchev–Trinajstić information content (AvgIpc) is 3.92. The van der Waals surface area contributed by atoms with Gasteiger partial charge in [0, 0.05) is 38.8 Å². The molecule has 6 aromatic rings. The van der Waals surface area contributed by atoms with Crippen molar-refractivity contribution in [3.63, 3.8) is 0 Å². The van der Waals surface area contributed by atoms with E-state index in [1.54, 1.807) is 0 Å². The summed E-state index contributed by atoms with van der Waals surface area (Å²) in [6.45, 7) is 13.5. The summed E-state index contributed by atoms with van der Waals surface area (Å²) in [7, 11) is 0. The van der Waals surface area contributed by atoms with Crippen LogP contribution < -0.4 is 0 Å². The second-order valence-electron chi connectivity index (χ2n) is 15.4. The largest absolute Gasteiger partial charge is 0.355 e. The molecule has 0 atom stereocenters. The summed E-state index contributed by atoms with van der Waals surface area (Å²) in [6, 6.07) is 39.1. The van der Waals surface area contributed by atoms with Crippen molar-refractivity contribution in [3.8, 4) is 33.4 Å². The van der Waals surface area contributed by atoms with E-state index in [0.29, 0.717) is 0 Å². The Kier molecular flexibility index (Phi) is 7.56. The zero-order valence-corrected chi connectivity index (χ0v) is 29.6. The monoisotopic (exact) mass is 650 g/mol. The number of aromatic amines is 2. The number of benzene rings is 3. The van der Waals surface area contributed by atoms with Crippen LogP contribution in [0.2, 0.25) is 0 Å². The summed E-state index contributed by atoms with van der Waals surface area (Å²) in [5.41, 5.74) is 16.8. The van der Waals surface area contributed by atoms with Gasteiger partial charge in [-0.05, 0) is 93.3 Å². The van der Waals surface area contributed by atoms with Crippen molar-refractivity contribution in [1.82, 2.24) is 19.9 Å². The number of fused-ring (bicyclic) bond motifs is 8. The molecule has 0 fully saturated rings. The number of rotatable bonds is 3. The van der Waals surface area contributed by atoms with Crippen molar-refractivity contribution in [3.05, 3.63) is 143 Å². The summed E-state index contributed by atoms with van der Waals surface area (Å²) in [6.07, 6.45) is 8.55. The van der Waals surface area contributed by atoms with Gasteiger partial charge in [0.2, 0.25) is 0 Å². The normalized spacial score (nSPS) is 12.8. The first-order chi connectivity index (χ1) is 24.0. The van der Waals surface area contributed by atoms with E-state index in [1.807, 2.05) is 0 Å². The fourth-order valence-electron chi connectivity index (χ4n) is 6.92. The van der Waals surface area contributed by atoms with Crippen molar-refractivity contribution in [2.75, 3.05) is 0 Å². The molecule has 8 rings (SSSR count). The van der Waals surface area contributed by atoms with Crippen LogP contribution in [0.15, 0.2) is 109 Å². The maximum absolute atomic E-state index is 5.36. The molecular formula is C46H42N4. The SMILES string of the molecule is CC(C)(C)c1ccc(-c2c3nc(c(-c4ccccc4)c4nc(c(-c5ccc(C(C)(C)C)cc5)c5ccc(cc6ccc2[nH]6)[nH]5)C=C4)C=C3)cc1. The maximum Gasteiger partial charge on any atom is 0.0738 e. The van der Waals surface area contributed by atoms with Crippen molar-refractivity contribution in [1.29, 1.82) is 0 Å². The highest BCUT2D eigenvalue weighted by atomic mass is 14.8. The van der Waals surface area contributed by atoms with Gasteiger partial charge in [-0.2, -0.15) is 0 Å². The Hall–Kier alpha value is -5.74. The Morgan fingerprint density at radius 3 is 1.18 bits per heavy atom. The molecule has 0 unspecified atom stereocenters. The lowest BCUT2D eigenvalue weighted by Gasteiger charge is -2.19. The Morgan fingerprint density at radius 1 is 0.400 bits per heavy atom. The molecule has 4 nitrogen and oxygen atoms in total. The lowest BCUT2D eigenvalue weighted by molar-refractivity contribution is 0.590. The second kappa shape index (κ2) is 12.0. The number of nitrogens with zero attached hydrogens (tertiary/aromatic N) is 2. The molecule has 0 aliphatic carbocycles. The molecule has 3 aromatic carbocycles. The van der Waals surface area contributed by atoms with Gasteiger partial charge in [-0.1, -0.05) is 120 Å². The van der Waals surface area contributed by atoms with Gasteiger partial charge in [-0.25, -0.2) is 9.97 Å². The van der Waals surface area contributed by atoms with E-state index < -0.39 is 0 Å². The molecule has 5 heterocycles. The molecule has 246 valence electrons. The van der Waals surface area contributed by atoms with Gasteiger partial charge in [0.15, 0.2) is 0 Å². The lowest BCUT2D eigenvalue weighted by Crippen LogP contribution is -2.10. The number of H-pyrrole nitrogens is 2. The van der Waals surface area contributed by atoms with E-state index in [1.165, 1.54) is 11.1 Å². The minimum absolute atomic E-state index is 0.0664. The molecule has 0 saturated heterocycles. The van der Waals surface area contributed by atoms with Crippen LogP contribution in [0.1, 0.15) is 75.4 Å². The minimum atomic E-state index is 0.0664. The molecule has 3 aromatic heterocycles. The summed E-state index contributed by atoms with van der Waals surface area (Å²) in [5.74, 6) is 0. The van der Waals surface area contributed by atoms with Gasteiger partial charge < -0.3 is 9.97 Å². The molecule has 8 bridgehead atoms. The van der Waals surface area contributed by atoms with Crippen LogP contribution in [-0.2, 0) is 10.8 Å². The van der Waals surface area contributed by atoms with Crippen LogP contribution in [0.5, 0.6) is 0 Å². The third kappa shape index (κ3) is 5.92. The molecular weight excluding hydrogens is 609 g/mol. The minimum Gasteiger partial charge on any atom is -0.355 e. The molecule has 2 aliphatic rings. The summed E-state index contributed by atoms with van der Waals surface area (Å²) in [4.78, 5) is 18.1. The highest BCUT2D eigenvalue weighted by Crippen LogP contribution is 2.37. The highest BCUT2D eigenvalue weighted by Gasteiger charge is 2.20. The Morgan fingerprint density at radius 2 is 0.780 bits per heavy atom. The first kappa shape index (κ1) is 31.5. The van der Waals surface area contributed by atoms with Gasteiger partial charge in [-0.15, -0.1) is 0 Å². The van der Waals surface area contributed by atoms with Crippen molar-refractivity contribution < 1.29 is 0 Å². The molecule has 2 N–H and O–H groups in total. The standard InChI is InChI=1S/C46H42N4/c1-45(2,3)32-16-12-30(13-17-32)43-36-22-20-34(47-36)28-35-21-23-37(48-35)44(31-14-18-33(19-15-31)46(4,5)6)41-27-25-39(50-41)42(29-10-8-7-9-11-29)38-24-26-40(43)49-38/h7-28,47-48H,1-6H3. The van der Waals surface area contributed by atoms with Gasteiger partial charge >= 0.3 is 0 Å². The number of aromatic nitrogens is 4. The smallest absolute Gasteiger partial charge is 0.0738 e. The second-order valence-corrected chi connectivity index (χ2v) is 15.4. The zero-order valence-electron chi connectivity index (χ0n) is 29.6. The molecule has 50 heavy (non-hydrogen) atoms. The summed E-state index contributed by atoms with van der Waals surface area (Å²) < 4.78 is 0. The highest BCUT2D eigenvalue weighted by molar-refractivity contribution is 5.96. The zero-order chi connectivity index (χ0) is 34.6. The topological polar surface area (TPSA) is 57.4 Å². The molecule has 0 saturated carbocycles. The third-order valence-corrected chi connectivity index (χ3v) is 9.71. The number of nitrogens with one attached hydrogen (secondary N) is 2. The number of hydrogen-bond acceptors (Lipinski definition) is 2. The fraction of sp³-hybridized carbons (Fsp3) is 0.174. The van der Waals surface area contributed by atoms with Crippen molar-refractivity contribution in [2.45, 2.75) is 52.4 Å². The van der Waals surface area contributed by atoms with Crippen LogP contribution in [0.25, 0.3) is 79.8 Å². The Balaban J connectivity index is 1.46. The van der Waals surface area contributed by atoms with E-state index in [-0.39, 0.29) is 10.8 Å². The quantitative estimate of drug-likeness (QED) is 0.200. The first-order valence-corrected chi connectivity index (χ1v) is 17.4. The van der Waals surface area contributed by atoms with Crippen molar-refractivity contribution >= 4 is 46.4 Å². The van der Waals surface area contributed by atoms with Crippen LogP contribution in [0.3, 0.4) is 0 Å². The molecule has 0 radical (unpaired) electrons. The van der Waals surface area contributed by atoms with E-state index in [9.17, 15) is 0 Å². The van der Waals surface area contributed by atoms with Crippen LogP contribution in [-0.4, -0.2) is 19.9 Å². The summed E-state index contributed by atoms with van der Waals surface area (Å²) >= 11 is 0. The Labute approximate surface area is 294 Å². The van der Waals surface area contributed by atoms with Gasteiger partial charge in [0.1, 0.15) is 0 Å². The third-order valence-electron chi connectivity index (χ3n) is 9.71. The van der Waals surface area contributed by atoms with Crippen LogP contribution in [0.4, 0.5) is 0 Å². The first-order valence-electron chi connectivity index (χ1n) is 17.4. The molecule has 4 heteroatoms. The number of hydrogen-bond donors (Lipinski definition) is 2. The van der Waals surface area contributed by atoms with Gasteiger partial charge in [-0.3, -0.25) is 0 Å². The predicted octanol–water partition coefficient (Wildman–Crippen LogP) is 12.3. The van der Waals surface area contributed by atoms with E-state index in [2.05, 4.69) is 185 Å². The molecule has 0 amide bonds. The van der Waals surface area contributed by atoms with Crippen LogP contribution in [0, 0.1) is 0 Å². The Bertz CT molecular complexity index is 2300. The summed E-state index contributed by atoms with van der Waals surface area (Å²) in [5, 5.41) is 0. The van der Waals surface area contributed by atoms with Gasteiger partial charge in [0.25, 0.3) is 0 Å². The molecule has 0 spiro atoms. The lowest BCUT2D eigenvalue weighted by atomic mass is 9.86.